The molecule has 0 aromatic heterocycles. The fourth-order valence-corrected chi connectivity index (χ4v) is 1.98. The second kappa shape index (κ2) is 5.38. The van der Waals surface area contributed by atoms with Gasteiger partial charge >= 0.3 is 6.09 Å². The average Bonchev–Trinajstić information content (AvgIpc) is 2.27. The molecule has 0 unspecified atom stereocenters. The minimum atomic E-state index is -2.83. The third-order valence-electron chi connectivity index (χ3n) is 3.02. The van der Waals surface area contributed by atoms with Crippen LogP contribution in [0.1, 0.15) is 33.6 Å². The molecule has 1 rings (SSSR count). The highest BCUT2D eigenvalue weighted by Crippen LogP contribution is 2.32. The zero-order valence-electron chi connectivity index (χ0n) is 11.2. The van der Waals surface area contributed by atoms with Crippen LogP contribution in [0.15, 0.2) is 0 Å². The molecule has 0 aromatic carbocycles. The Hall–Kier alpha value is -0.910. The van der Waals surface area contributed by atoms with Crippen LogP contribution >= 0.6 is 0 Å². The number of ether oxygens (including phenoxy) is 1. The maximum absolute atomic E-state index is 13.4. The molecule has 1 amide bonds. The summed E-state index contributed by atoms with van der Waals surface area (Å²) in [5.74, 6) is -3.57. The van der Waals surface area contributed by atoms with E-state index in [1.807, 2.05) is 0 Å². The number of carbonyl (C=O) groups is 1. The minimum absolute atomic E-state index is 0.267. The SMILES string of the molecule is CC(C)(C)OC(=O)N1CCC(C(F)(F)CN)CC1. The highest BCUT2D eigenvalue weighted by atomic mass is 19.3. The molecular weight excluding hydrogens is 242 g/mol. The lowest BCUT2D eigenvalue weighted by atomic mass is 9.90. The van der Waals surface area contributed by atoms with E-state index in [0.717, 1.165) is 0 Å². The van der Waals surface area contributed by atoms with Crippen LogP contribution in [0.25, 0.3) is 0 Å². The van der Waals surface area contributed by atoms with Crippen molar-refractivity contribution in [3.8, 4) is 0 Å². The molecular formula is C12H22F2N2O2. The summed E-state index contributed by atoms with van der Waals surface area (Å²) >= 11 is 0. The van der Waals surface area contributed by atoms with Crippen molar-refractivity contribution in [2.24, 2.45) is 11.7 Å². The maximum atomic E-state index is 13.4. The first-order valence-electron chi connectivity index (χ1n) is 6.21. The van der Waals surface area contributed by atoms with Gasteiger partial charge in [0.15, 0.2) is 0 Å². The lowest BCUT2D eigenvalue weighted by Gasteiger charge is -2.36. The molecule has 0 atom stereocenters. The van der Waals surface area contributed by atoms with Gasteiger partial charge in [-0.3, -0.25) is 0 Å². The Kier molecular flexibility index (Phi) is 4.53. The summed E-state index contributed by atoms with van der Waals surface area (Å²) in [5, 5.41) is 0. The first-order chi connectivity index (χ1) is 8.15. The third kappa shape index (κ3) is 4.08. The highest BCUT2D eigenvalue weighted by Gasteiger charge is 2.40. The predicted octanol–water partition coefficient (Wildman–Crippen LogP) is 2.23. The summed E-state index contributed by atoms with van der Waals surface area (Å²) in [6.07, 6.45) is 0.101. The molecule has 0 bridgehead atoms. The number of amides is 1. The Labute approximate surface area is 106 Å². The Bertz CT molecular complexity index is 295. The summed E-state index contributed by atoms with van der Waals surface area (Å²) in [4.78, 5) is 13.2. The van der Waals surface area contributed by atoms with Crippen LogP contribution in [0.4, 0.5) is 13.6 Å². The highest BCUT2D eigenvalue weighted by molar-refractivity contribution is 5.68. The van der Waals surface area contributed by atoms with Gasteiger partial charge in [-0.15, -0.1) is 0 Å². The molecule has 18 heavy (non-hydrogen) atoms. The van der Waals surface area contributed by atoms with Crippen LogP contribution in [0, 0.1) is 5.92 Å². The monoisotopic (exact) mass is 264 g/mol. The van der Waals surface area contributed by atoms with Gasteiger partial charge in [0.2, 0.25) is 0 Å². The van der Waals surface area contributed by atoms with Crippen molar-refractivity contribution in [1.29, 1.82) is 0 Å². The topological polar surface area (TPSA) is 55.6 Å². The van der Waals surface area contributed by atoms with Crippen molar-refractivity contribution >= 4 is 6.09 Å². The quantitative estimate of drug-likeness (QED) is 0.832. The average molecular weight is 264 g/mol. The predicted molar refractivity (Wildman–Crippen MR) is 64.5 cm³/mol. The number of hydrogen-bond donors (Lipinski definition) is 1. The molecule has 1 saturated heterocycles. The van der Waals surface area contributed by atoms with Gasteiger partial charge in [0.25, 0.3) is 5.92 Å². The van der Waals surface area contributed by atoms with Gasteiger partial charge in [0, 0.05) is 19.0 Å². The smallest absolute Gasteiger partial charge is 0.410 e. The van der Waals surface area contributed by atoms with Crippen LogP contribution in [-0.2, 0) is 4.74 Å². The van der Waals surface area contributed by atoms with Gasteiger partial charge in [0.1, 0.15) is 5.60 Å². The molecule has 0 spiro atoms. The Morgan fingerprint density at radius 3 is 2.22 bits per heavy atom. The third-order valence-corrected chi connectivity index (χ3v) is 3.02. The molecule has 1 aliphatic rings. The summed E-state index contributed by atoms with van der Waals surface area (Å²) in [5.41, 5.74) is 4.50. The van der Waals surface area contributed by atoms with Gasteiger partial charge in [-0.05, 0) is 33.6 Å². The van der Waals surface area contributed by atoms with Crippen molar-refractivity contribution in [2.75, 3.05) is 19.6 Å². The standard InChI is InChI=1S/C12H22F2N2O2/c1-11(2,3)18-10(17)16-6-4-9(5-7-16)12(13,14)8-15/h9H,4-8,15H2,1-3H3. The molecule has 1 aliphatic heterocycles. The van der Waals surface area contributed by atoms with Crippen molar-refractivity contribution in [1.82, 2.24) is 4.90 Å². The van der Waals surface area contributed by atoms with Gasteiger partial charge in [-0.25, -0.2) is 13.6 Å². The van der Waals surface area contributed by atoms with Crippen LogP contribution in [0.2, 0.25) is 0 Å². The van der Waals surface area contributed by atoms with E-state index >= 15 is 0 Å². The fourth-order valence-electron chi connectivity index (χ4n) is 1.98. The number of carbonyl (C=O) groups excluding carboxylic acids is 1. The molecule has 0 aliphatic carbocycles. The number of halogens is 2. The van der Waals surface area contributed by atoms with Crippen molar-refractivity contribution in [2.45, 2.75) is 45.1 Å². The largest absolute Gasteiger partial charge is 0.444 e. The molecule has 2 N–H and O–H groups in total. The summed E-state index contributed by atoms with van der Waals surface area (Å²) in [6.45, 7) is 5.30. The fraction of sp³-hybridized carbons (Fsp3) is 0.917. The van der Waals surface area contributed by atoms with Crippen LogP contribution in [0.5, 0.6) is 0 Å². The van der Waals surface area contributed by atoms with Gasteiger partial charge < -0.3 is 15.4 Å². The Morgan fingerprint density at radius 2 is 1.83 bits per heavy atom. The van der Waals surface area contributed by atoms with E-state index in [2.05, 4.69) is 0 Å². The number of nitrogens with zero attached hydrogens (tertiary/aromatic N) is 1. The Balaban J connectivity index is 2.47. The number of piperidine rings is 1. The zero-order chi connectivity index (χ0) is 14.0. The number of hydrogen-bond acceptors (Lipinski definition) is 3. The number of alkyl halides is 2. The van der Waals surface area contributed by atoms with E-state index in [4.69, 9.17) is 10.5 Å². The van der Waals surface area contributed by atoms with Gasteiger partial charge in [-0.1, -0.05) is 0 Å². The second-order valence-corrected chi connectivity index (χ2v) is 5.71. The molecule has 6 heteroatoms. The van der Waals surface area contributed by atoms with E-state index < -0.39 is 30.1 Å². The number of likely N-dealkylation sites (tertiary alicyclic amines) is 1. The number of rotatable bonds is 2. The van der Waals surface area contributed by atoms with Crippen molar-refractivity contribution in [3.05, 3.63) is 0 Å². The molecule has 106 valence electrons. The maximum Gasteiger partial charge on any atom is 0.410 e. The molecule has 1 fully saturated rings. The number of nitrogens with two attached hydrogens (primary N) is 1. The summed E-state index contributed by atoms with van der Waals surface area (Å²) in [6, 6.07) is 0. The van der Waals surface area contributed by atoms with E-state index in [0.29, 0.717) is 13.1 Å². The second-order valence-electron chi connectivity index (χ2n) is 5.71. The van der Waals surface area contributed by atoms with E-state index in [9.17, 15) is 13.6 Å². The minimum Gasteiger partial charge on any atom is -0.444 e. The Morgan fingerprint density at radius 1 is 1.33 bits per heavy atom. The van der Waals surface area contributed by atoms with E-state index in [1.165, 1.54) is 4.90 Å². The van der Waals surface area contributed by atoms with Crippen LogP contribution in [-0.4, -0.2) is 42.2 Å². The molecule has 0 saturated carbocycles. The van der Waals surface area contributed by atoms with E-state index in [-0.39, 0.29) is 12.8 Å². The first-order valence-corrected chi connectivity index (χ1v) is 6.21. The zero-order valence-corrected chi connectivity index (χ0v) is 11.2. The van der Waals surface area contributed by atoms with Crippen LogP contribution < -0.4 is 5.73 Å². The van der Waals surface area contributed by atoms with Gasteiger partial charge in [-0.2, -0.15) is 0 Å². The molecule has 0 aromatic rings. The summed E-state index contributed by atoms with van der Waals surface area (Å²) in [7, 11) is 0. The van der Waals surface area contributed by atoms with Gasteiger partial charge in [0.05, 0.1) is 6.54 Å². The first kappa shape index (κ1) is 15.1. The molecule has 4 nitrogen and oxygen atoms in total. The normalized spacial score (nSPS) is 18.9. The van der Waals surface area contributed by atoms with Crippen molar-refractivity contribution in [3.63, 3.8) is 0 Å². The molecule has 0 radical (unpaired) electrons. The van der Waals surface area contributed by atoms with Crippen molar-refractivity contribution < 1.29 is 18.3 Å². The lowest BCUT2D eigenvalue weighted by molar-refractivity contribution is -0.0714. The van der Waals surface area contributed by atoms with Crippen LogP contribution in [0.3, 0.4) is 0 Å². The molecule has 1 heterocycles. The van der Waals surface area contributed by atoms with E-state index in [1.54, 1.807) is 20.8 Å². The summed E-state index contributed by atoms with van der Waals surface area (Å²) < 4.78 is 32.0. The lowest BCUT2D eigenvalue weighted by Crippen LogP contribution is -2.47.